The van der Waals surface area contributed by atoms with Gasteiger partial charge in [0, 0.05) is 12.5 Å². The number of amides is 2. The second-order valence-corrected chi connectivity index (χ2v) is 8.75. The number of benzene rings is 2. The Bertz CT molecular complexity index is 976. The standard InChI is InChI=1S/C26H32N2O5/c1-4-10-22(23(29)30)28-24(31)26(3,5-2)16-27-25(32)33-15-21-19-13-8-6-11-17(19)18-12-7-9-14-20(18)21/h6-9,11-14,21-22H,4-5,10,15-16H2,1-3H3,(H,27,32)(H,28,31)(H,29,30). The number of carbonyl (C=O) groups excluding carboxylic acids is 2. The number of alkyl carbamates (subject to hydrolysis) is 1. The van der Waals surface area contributed by atoms with E-state index in [4.69, 9.17) is 4.74 Å². The van der Waals surface area contributed by atoms with E-state index in [0.717, 1.165) is 22.3 Å². The van der Waals surface area contributed by atoms with Crippen LogP contribution in [0.4, 0.5) is 4.79 Å². The minimum absolute atomic E-state index is 0.0461. The highest BCUT2D eigenvalue weighted by atomic mass is 16.5. The Hall–Kier alpha value is -3.35. The van der Waals surface area contributed by atoms with Crippen LogP contribution in [0.1, 0.15) is 57.1 Å². The van der Waals surface area contributed by atoms with Crippen LogP contribution in [0.2, 0.25) is 0 Å². The van der Waals surface area contributed by atoms with Crippen LogP contribution >= 0.6 is 0 Å². The zero-order valence-electron chi connectivity index (χ0n) is 19.4. The fraction of sp³-hybridized carbons (Fsp3) is 0.423. The Morgan fingerprint density at radius 1 is 1.03 bits per heavy atom. The van der Waals surface area contributed by atoms with Gasteiger partial charge in [-0.2, -0.15) is 0 Å². The molecule has 2 atom stereocenters. The number of rotatable bonds is 10. The number of carboxylic acid groups (broad SMARTS) is 1. The lowest BCUT2D eigenvalue weighted by Gasteiger charge is -2.29. The lowest BCUT2D eigenvalue weighted by molar-refractivity contribution is -0.144. The van der Waals surface area contributed by atoms with Crippen molar-refractivity contribution in [3.05, 3.63) is 59.7 Å². The molecule has 0 radical (unpaired) electrons. The Kier molecular flexibility index (Phi) is 7.74. The number of fused-ring (bicyclic) bond motifs is 3. The SMILES string of the molecule is CCCC(NC(=O)C(C)(CC)CNC(=O)OCC1c2ccccc2-c2ccccc21)C(=O)O. The molecule has 2 amide bonds. The first kappa shape index (κ1) is 24.3. The van der Waals surface area contributed by atoms with Crippen molar-refractivity contribution in [3.63, 3.8) is 0 Å². The molecule has 176 valence electrons. The van der Waals surface area contributed by atoms with E-state index in [1.807, 2.05) is 38.1 Å². The summed E-state index contributed by atoms with van der Waals surface area (Å²) in [6, 6.07) is 15.3. The van der Waals surface area contributed by atoms with Gasteiger partial charge in [0.05, 0.1) is 5.41 Å². The quantitative estimate of drug-likeness (QED) is 0.498. The number of ether oxygens (including phenoxy) is 1. The van der Waals surface area contributed by atoms with Crippen LogP contribution in [0.5, 0.6) is 0 Å². The lowest BCUT2D eigenvalue weighted by atomic mass is 9.86. The number of nitrogens with one attached hydrogen (secondary N) is 2. The van der Waals surface area contributed by atoms with Gasteiger partial charge in [0.25, 0.3) is 0 Å². The highest BCUT2D eigenvalue weighted by molar-refractivity contribution is 5.87. The molecule has 3 rings (SSSR count). The molecule has 2 unspecified atom stereocenters. The second-order valence-electron chi connectivity index (χ2n) is 8.75. The van der Waals surface area contributed by atoms with Crippen molar-refractivity contribution in [1.82, 2.24) is 10.6 Å². The first-order valence-electron chi connectivity index (χ1n) is 11.4. The Balaban J connectivity index is 1.59. The molecule has 2 aromatic carbocycles. The smallest absolute Gasteiger partial charge is 0.407 e. The number of carboxylic acids is 1. The summed E-state index contributed by atoms with van der Waals surface area (Å²) in [7, 11) is 0. The van der Waals surface area contributed by atoms with Crippen LogP contribution in [0.25, 0.3) is 11.1 Å². The first-order valence-corrected chi connectivity index (χ1v) is 11.4. The van der Waals surface area contributed by atoms with Crippen molar-refractivity contribution in [2.75, 3.05) is 13.2 Å². The molecule has 0 saturated heterocycles. The number of hydrogen-bond donors (Lipinski definition) is 3. The van der Waals surface area contributed by atoms with E-state index in [-0.39, 0.29) is 19.1 Å². The lowest BCUT2D eigenvalue weighted by Crippen LogP contribution is -2.51. The van der Waals surface area contributed by atoms with Gasteiger partial charge in [-0.3, -0.25) is 4.79 Å². The van der Waals surface area contributed by atoms with Crippen molar-refractivity contribution in [2.45, 2.75) is 52.0 Å². The van der Waals surface area contributed by atoms with E-state index in [9.17, 15) is 19.5 Å². The summed E-state index contributed by atoms with van der Waals surface area (Å²) in [6.07, 6.45) is 0.812. The summed E-state index contributed by atoms with van der Waals surface area (Å²) in [5.41, 5.74) is 3.60. The van der Waals surface area contributed by atoms with Crippen LogP contribution < -0.4 is 10.6 Å². The monoisotopic (exact) mass is 452 g/mol. The third kappa shape index (κ3) is 5.35. The van der Waals surface area contributed by atoms with Crippen molar-refractivity contribution in [1.29, 1.82) is 0 Å². The summed E-state index contributed by atoms with van der Waals surface area (Å²) in [5.74, 6) is -1.51. The normalized spacial score (nSPS) is 15.0. The third-order valence-corrected chi connectivity index (χ3v) is 6.48. The van der Waals surface area contributed by atoms with Crippen LogP contribution in [-0.2, 0) is 14.3 Å². The third-order valence-electron chi connectivity index (χ3n) is 6.48. The van der Waals surface area contributed by atoms with Crippen molar-refractivity contribution in [3.8, 4) is 11.1 Å². The van der Waals surface area contributed by atoms with Gasteiger partial charge in [0.2, 0.25) is 5.91 Å². The average Bonchev–Trinajstić information content (AvgIpc) is 3.14. The molecule has 7 nitrogen and oxygen atoms in total. The van der Waals surface area contributed by atoms with E-state index in [1.54, 1.807) is 6.92 Å². The number of hydrogen-bond acceptors (Lipinski definition) is 4. The van der Waals surface area contributed by atoms with Gasteiger partial charge in [-0.05, 0) is 42.0 Å². The molecule has 3 N–H and O–H groups in total. The molecule has 0 saturated carbocycles. The Labute approximate surface area is 194 Å². The van der Waals surface area contributed by atoms with Crippen LogP contribution in [0, 0.1) is 5.41 Å². The Morgan fingerprint density at radius 3 is 2.12 bits per heavy atom. The average molecular weight is 453 g/mol. The molecule has 0 aromatic heterocycles. The van der Waals surface area contributed by atoms with E-state index in [0.29, 0.717) is 19.3 Å². The summed E-state index contributed by atoms with van der Waals surface area (Å²) < 4.78 is 5.54. The van der Waals surface area contributed by atoms with Crippen molar-refractivity contribution >= 4 is 18.0 Å². The summed E-state index contributed by atoms with van der Waals surface area (Å²) in [4.78, 5) is 36.6. The molecule has 33 heavy (non-hydrogen) atoms. The minimum atomic E-state index is -1.06. The topological polar surface area (TPSA) is 105 Å². The van der Waals surface area contributed by atoms with Crippen molar-refractivity contribution < 1.29 is 24.2 Å². The van der Waals surface area contributed by atoms with Gasteiger partial charge < -0.3 is 20.5 Å². The van der Waals surface area contributed by atoms with Crippen LogP contribution in [-0.4, -0.2) is 42.3 Å². The molecule has 7 heteroatoms. The molecule has 0 spiro atoms. The predicted molar refractivity (Wildman–Crippen MR) is 126 cm³/mol. The zero-order valence-corrected chi connectivity index (χ0v) is 19.4. The molecule has 1 aliphatic carbocycles. The zero-order chi connectivity index (χ0) is 24.0. The molecule has 0 bridgehead atoms. The van der Waals surface area contributed by atoms with Gasteiger partial charge in [-0.25, -0.2) is 9.59 Å². The molecular weight excluding hydrogens is 420 g/mol. The Morgan fingerprint density at radius 2 is 1.61 bits per heavy atom. The van der Waals surface area contributed by atoms with Crippen molar-refractivity contribution in [2.24, 2.45) is 5.41 Å². The molecule has 0 heterocycles. The van der Waals surface area contributed by atoms with Gasteiger partial charge in [-0.15, -0.1) is 0 Å². The maximum absolute atomic E-state index is 12.8. The van der Waals surface area contributed by atoms with Gasteiger partial charge in [-0.1, -0.05) is 68.8 Å². The fourth-order valence-corrected chi connectivity index (χ4v) is 4.16. The van der Waals surface area contributed by atoms with E-state index in [1.165, 1.54) is 0 Å². The molecule has 0 fully saturated rings. The van der Waals surface area contributed by atoms with Gasteiger partial charge in [0.1, 0.15) is 12.6 Å². The second kappa shape index (κ2) is 10.5. The van der Waals surface area contributed by atoms with Gasteiger partial charge in [0.15, 0.2) is 0 Å². The summed E-state index contributed by atoms with van der Waals surface area (Å²) >= 11 is 0. The number of aliphatic carboxylic acids is 1. The summed E-state index contributed by atoms with van der Waals surface area (Å²) in [5, 5.41) is 14.6. The highest BCUT2D eigenvalue weighted by Crippen LogP contribution is 2.44. The van der Waals surface area contributed by atoms with E-state index >= 15 is 0 Å². The maximum Gasteiger partial charge on any atom is 0.407 e. The van der Waals surface area contributed by atoms with Crippen LogP contribution in [0.15, 0.2) is 48.5 Å². The first-order chi connectivity index (χ1) is 15.8. The number of carbonyl (C=O) groups is 3. The molecule has 2 aromatic rings. The molecule has 0 aliphatic heterocycles. The minimum Gasteiger partial charge on any atom is -0.480 e. The van der Waals surface area contributed by atoms with E-state index in [2.05, 4.69) is 34.9 Å². The van der Waals surface area contributed by atoms with Crippen LogP contribution in [0.3, 0.4) is 0 Å². The largest absolute Gasteiger partial charge is 0.480 e. The predicted octanol–water partition coefficient (Wildman–Crippen LogP) is 4.31. The maximum atomic E-state index is 12.8. The van der Waals surface area contributed by atoms with E-state index < -0.39 is 29.4 Å². The highest BCUT2D eigenvalue weighted by Gasteiger charge is 2.35. The molecule has 1 aliphatic rings. The summed E-state index contributed by atoms with van der Waals surface area (Å²) in [6.45, 7) is 5.63. The molecular formula is C26H32N2O5. The fourth-order valence-electron chi connectivity index (χ4n) is 4.16. The van der Waals surface area contributed by atoms with Gasteiger partial charge >= 0.3 is 12.1 Å².